The minimum absolute atomic E-state index is 0.329. The molecular weight excluding hydrogens is 278 g/mol. The summed E-state index contributed by atoms with van der Waals surface area (Å²) in [5.41, 5.74) is 0.468. The lowest BCUT2D eigenvalue weighted by atomic mass is 9.84. The van der Waals surface area contributed by atoms with Crippen LogP contribution in [0, 0.1) is 5.41 Å². The van der Waals surface area contributed by atoms with Crippen molar-refractivity contribution in [1.82, 2.24) is 19.7 Å². The van der Waals surface area contributed by atoms with Crippen LogP contribution in [0.2, 0.25) is 0 Å². The lowest BCUT2D eigenvalue weighted by molar-refractivity contribution is 0.0353. The zero-order chi connectivity index (χ0) is 15.8. The van der Waals surface area contributed by atoms with E-state index in [-0.39, 0.29) is 0 Å². The molecule has 120 valence electrons. The molecule has 2 aromatic rings. The van der Waals surface area contributed by atoms with Gasteiger partial charge in [0.2, 0.25) is 0 Å². The van der Waals surface area contributed by atoms with Gasteiger partial charge in [-0.1, -0.05) is 13.8 Å². The molecule has 1 saturated carbocycles. The summed E-state index contributed by atoms with van der Waals surface area (Å²) < 4.78 is 1.73. The number of fused-ring (bicyclic) bond motifs is 1. The zero-order valence-electron chi connectivity index (χ0n) is 13.6. The predicted octanol–water partition coefficient (Wildman–Crippen LogP) is 2.50. The number of aryl methyl sites for hydroxylation is 1. The average molecular weight is 303 g/mol. The van der Waals surface area contributed by atoms with E-state index in [1.165, 1.54) is 12.7 Å². The van der Waals surface area contributed by atoms with E-state index in [0.29, 0.717) is 12.0 Å². The monoisotopic (exact) mass is 303 g/mol. The van der Waals surface area contributed by atoms with Gasteiger partial charge in [-0.05, 0) is 37.5 Å². The minimum atomic E-state index is -0.659. The van der Waals surface area contributed by atoms with Gasteiger partial charge in [-0.2, -0.15) is 5.10 Å². The smallest absolute Gasteiger partial charge is 0.163 e. The number of aromatic nitrogens is 4. The molecule has 1 unspecified atom stereocenters. The summed E-state index contributed by atoms with van der Waals surface area (Å²) in [4.78, 5) is 8.54. The summed E-state index contributed by atoms with van der Waals surface area (Å²) in [5, 5.41) is 19.3. The highest BCUT2D eigenvalue weighted by molar-refractivity contribution is 5.85. The van der Waals surface area contributed by atoms with E-state index < -0.39 is 5.60 Å². The van der Waals surface area contributed by atoms with Crippen LogP contribution in [0.25, 0.3) is 11.0 Å². The number of anilines is 1. The molecule has 1 fully saturated rings. The molecule has 3 rings (SSSR count). The fraction of sp³-hybridized carbons (Fsp3) is 0.688. The number of nitrogens with zero attached hydrogens (tertiary/aromatic N) is 4. The maximum atomic E-state index is 10.9. The van der Waals surface area contributed by atoms with Crippen LogP contribution < -0.4 is 5.32 Å². The van der Waals surface area contributed by atoms with Gasteiger partial charge in [0.15, 0.2) is 5.65 Å². The molecule has 0 aliphatic heterocycles. The third kappa shape index (κ3) is 3.06. The van der Waals surface area contributed by atoms with Crippen molar-refractivity contribution >= 4 is 16.9 Å². The van der Waals surface area contributed by atoms with Crippen LogP contribution in [0.5, 0.6) is 0 Å². The van der Waals surface area contributed by atoms with Crippen molar-refractivity contribution in [2.24, 2.45) is 12.5 Å². The Labute approximate surface area is 131 Å². The van der Waals surface area contributed by atoms with Crippen LogP contribution in [0.3, 0.4) is 0 Å². The number of aliphatic hydroxyl groups is 1. The van der Waals surface area contributed by atoms with Gasteiger partial charge in [-0.25, -0.2) is 9.97 Å². The molecule has 6 nitrogen and oxygen atoms in total. The molecule has 0 radical (unpaired) electrons. The van der Waals surface area contributed by atoms with Crippen molar-refractivity contribution in [3.63, 3.8) is 0 Å². The van der Waals surface area contributed by atoms with Gasteiger partial charge in [-0.15, -0.1) is 0 Å². The van der Waals surface area contributed by atoms with Gasteiger partial charge in [0.25, 0.3) is 0 Å². The van der Waals surface area contributed by atoms with Crippen LogP contribution in [-0.2, 0) is 7.05 Å². The van der Waals surface area contributed by atoms with Crippen molar-refractivity contribution in [1.29, 1.82) is 0 Å². The number of hydrogen-bond donors (Lipinski definition) is 2. The van der Waals surface area contributed by atoms with E-state index >= 15 is 0 Å². The van der Waals surface area contributed by atoms with Gasteiger partial charge in [0.05, 0.1) is 17.2 Å². The summed E-state index contributed by atoms with van der Waals surface area (Å²) >= 11 is 0. The van der Waals surface area contributed by atoms with Gasteiger partial charge in [-0.3, -0.25) is 4.68 Å². The third-order valence-corrected chi connectivity index (χ3v) is 4.88. The summed E-state index contributed by atoms with van der Waals surface area (Å²) in [6.07, 6.45) is 8.26. The highest BCUT2D eigenvalue weighted by atomic mass is 16.3. The second-order valence-corrected chi connectivity index (χ2v) is 7.32. The molecular formula is C16H25N5O. The summed E-state index contributed by atoms with van der Waals surface area (Å²) in [7, 11) is 1.86. The Balaban J connectivity index is 1.73. The van der Waals surface area contributed by atoms with E-state index in [9.17, 15) is 5.11 Å². The number of rotatable bonds is 3. The number of hydrogen-bond acceptors (Lipinski definition) is 5. The lowest BCUT2D eigenvalue weighted by Gasteiger charge is -2.28. The van der Waals surface area contributed by atoms with Crippen molar-refractivity contribution in [3.05, 3.63) is 12.5 Å². The van der Waals surface area contributed by atoms with Gasteiger partial charge < -0.3 is 10.4 Å². The van der Waals surface area contributed by atoms with E-state index in [0.717, 1.165) is 42.5 Å². The molecule has 2 N–H and O–H groups in total. The first-order valence-electron chi connectivity index (χ1n) is 7.98. The Morgan fingerprint density at radius 2 is 2.05 bits per heavy atom. The standard InChI is InChI=1S/C16H25N5O/c1-15(2)5-4-6-16(22,8-7-15)10-17-13-12-9-20-21(3)14(12)19-11-18-13/h9,11,22H,4-8,10H2,1-3H3,(H,17,18,19). The second kappa shape index (κ2) is 5.50. The molecule has 6 heteroatoms. The SMILES string of the molecule is Cn1ncc2c(NCC3(O)CCCC(C)(C)CC3)ncnc21. The van der Waals surface area contributed by atoms with Crippen molar-refractivity contribution in [3.8, 4) is 0 Å². The molecule has 0 spiro atoms. The van der Waals surface area contributed by atoms with Crippen LogP contribution in [0.15, 0.2) is 12.5 Å². The molecule has 0 bridgehead atoms. The third-order valence-electron chi connectivity index (χ3n) is 4.88. The quantitative estimate of drug-likeness (QED) is 0.852. The molecule has 2 heterocycles. The topological polar surface area (TPSA) is 75.9 Å². The van der Waals surface area contributed by atoms with E-state index in [1.54, 1.807) is 10.9 Å². The Hall–Kier alpha value is -1.69. The first-order valence-corrected chi connectivity index (χ1v) is 7.98. The minimum Gasteiger partial charge on any atom is -0.388 e. The molecule has 1 aliphatic carbocycles. The van der Waals surface area contributed by atoms with E-state index in [2.05, 4.69) is 34.2 Å². The fourth-order valence-electron chi connectivity index (χ4n) is 3.25. The van der Waals surface area contributed by atoms with Crippen molar-refractivity contribution < 1.29 is 5.11 Å². The molecule has 22 heavy (non-hydrogen) atoms. The highest BCUT2D eigenvalue weighted by Crippen LogP contribution is 2.38. The van der Waals surface area contributed by atoms with E-state index in [4.69, 9.17) is 0 Å². The van der Waals surface area contributed by atoms with Crippen LogP contribution in [-0.4, -0.2) is 37.0 Å². The van der Waals surface area contributed by atoms with Crippen molar-refractivity contribution in [2.45, 2.75) is 51.6 Å². The maximum absolute atomic E-state index is 10.9. The summed E-state index contributed by atoms with van der Waals surface area (Å²) in [6, 6.07) is 0. The summed E-state index contributed by atoms with van der Waals surface area (Å²) in [6.45, 7) is 5.09. The Morgan fingerprint density at radius 1 is 1.23 bits per heavy atom. The fourth-order valence-corrected chi connectivity index (χ4v) is 3.25. The van der Waals surface area contributed by atoms with E-state index in [1.807, 2.05) is 7.05 Å². The van der Waals surface area contributed by atoms with Crippen LogP contribution in [0.1, 0.15) is 46.0 Å². The summed E-state index contributed by atoms with van der Waals surface area (Å²) in [5.74, 6) is 0.745. The molecule has 0 saturated heterocycles. The lowest BCUT2D eigenvalue weighted by Crippen LogP contribution is -2.36. The Morgan fingerprint density at radius 3 is 2.86 bits per heavy atom. The van der Waals surface area contributed by atoms with Crippen LogP contribution >= 0.6 is 0 Å². The molecule has 0 aromatic carbocycles. The van der Waals surface area contributed by atoms with Gasteiger partial charge in [0.1, 0.15) is 12.1 Å². The maximum Gasteiger partial charge on any atom is 0.163 e. The van der Waals surface area contributed by atoms with Gasteiger partial charge >= 0.3 is 0 Å². The first kappa shape index (κ1) is 15.2. The second-order valence-electron chi connectivity index (χ2n) is 7.32. The molecule has 0 amide bonds. The Bertz CT molecular complexity index is 666. The average Bonchev–Trinajstić information content (AvgIpc) is 2.79. The molecule has 1 atom stereocenters. The molecule has 2 aromatic heterocycles. The zero-order valence-corrected chi connectivity index (χ0v) is 13.6. The largest absolute Gasteiger partial charge is 0.388 e. The Kier molecular flexibility index (Phi) is 3.80. The van der Waals surface area contributed by atoms with Crippen LogP contribution in [0.4, 0.5) is 5.82 Å². The highest BCUT2D eigenvalue weighted by Gasteiger charge is 2.33. The van der Waals surface area contributed by atoms with Crippen molar-refractivity contribution in [2.75, 3.05) is 11.9 Å². The van der Waals surface area contributed by atoms with Gasteiger partial charge in [0, 0.05) is 13.6 Å². The molecule has 1 aliphatic rings. The normalized spacial score (nSPS) is 25.1. The number of nitrogens with one attached hydrogen (secondary N) is 1. The first-order chi connectivity index (χ1) is 10.4. The predicted molar refractivity (Wildman–Crippen MR) is 86.6 cm³/mol.